The minimum atomic E-state index is -0.567. The van der Waals surface area contributed by atoms with Crippen molar-refractivity contribution in [2.75, 3.05) is 13.2 Å². The molecule has 0 amide bonds. The number of ether oxygens (including phenoxy) is 1. The number of rotatable bonds is 2. The summed E-state index contributed by atoms with van der Waals surface area (Å²) in [4.78, 5) is 23.2. The normalized spacial score (nSPS) is 17.7. The molecular formula is C13H13NO4. The van der Waals surface area contributed by atoms with Crippen LogP contribution in [0.2, 0.25) is 0 Å². The molecule has 1 aromatic carbocycles. The van der Waals surface area contributed by atoms with E-state index in [4.69, 9.17) is 9.15 Å². The van der Waals surface area contributed by atoms with Crippen molar-refractivity contribution < 1.29 is 13.9 Å². The summed E-state index contributed by atoms with van der Waals surface area (Å²) in [7, 11) is 1.65. The molecule has 1 fully saturated rings. The molecule has 0 unspecified atom stereocenters. The van der Waals surface area contributed by atoms with Crippen molar-refractivity contribution in [3.8, 4) is 0 Å². The maximum atomic E-state index is 11.8. The summed E-state index contributed by atoms with van der Waals surface area (Å²) in [6.45, 7) is 2.35. The number of hydrogen-bond donors (Lipinski definition) is 0. The molecule has 0 saturated carbocycles. The summed E-state index contributed by atoms with van der Waals surface area (Å²) in [5, 5.41) is 0. The number of carbonyl (C=O) groups is 1. The number of aromatic nitrogens is 1. The molecule has 1 aromatic heterocycles. The molecule has 5 nitrogen and oxygen atoms in total. The van der Waals surface area contributed by atoms with Gasteiger partial charge in [0.15, 0.2) is 5.58 Å². The molecule has 1 aliphatic heterocycles. The van der Waals surface area contributed by atoms with Gasteiger partial charge in [0.05, 0.1) is 18.7 Å². The zero-order valence-corrected chi connectivity index (χ0v) is 10.2. The van der Waals surface area contributed by atoms with Crippen molar-refractivity contribution in [1.29, 1.82) is 0 Å². The van der Waals surface area contributed by atoms with E-state index in [1.807, 2.05) is 6.07 Å². The average Bonchev–Trinajstić information content (AvgIpc) is 2.52. The smallest absolute Gasteiger partial charge is 0.408 e. The van der Waals surface area contributed by atoms with Gasteiger partial charge in [0.1, 0.15) is 11.2 Å². The van der Waals surface area contributed by atoms with Gasteiger partial charge in [-0.05, 0) is 24.6 Å². The molecule has 5 heteroatoms. The minimum Gasteiger partial charge on any atom is -0.408 e. The summed E-state index contributed by atoms with van der Waals surface area (Å²) in [6.07, 6.45) is 0. The predicted octanol–water partition coefficient (Wildman–Crippen LogP) is 0.988. The van der Waals surface area contributed by atoms with Gasteiger partial charge in [0, 0.05) is 7.05 Å². The Morgan fingerprint density at radius 1 is 1.39 bits per heavy atom. The lowest BCUT2D eigenvalue weighted by atomic mass is 9.75. The van der Waals surface area contributed by atoms with Gasteiger partial charge >= 0.3 is 5.76 Å². The molecule has 1 saturated heterocycles. The number of hydrogen-bond acceptors (Lipinski definition) is 4. The number of aryl methyl sites for hydroxylation is 1. The van der Waals surface area contributed by atoms with E-state index in [-0.39, 0.29) is 5.78 Å². The van der Waals surface area contributed by atoms with Crippen LogP contribution in [0, 0.1) is 0 Å². The van der Waals surface area contributed by atoms with Crippen molar-refractivity contribution in [2.24, 2.45) is 7.05 Å². The fourth-order valence-corrected chi connectivity index (χ4v) is 2.31. The number of nitrogens with zero attached hydrogens (tertiary/aromatic N) is 1. The van der Waals surface area contributed by atoms with Crippen LogP contribution in [0.1, 0.15) is 12.5 Å². The molecule has 0 aliphatic carbocycles. The first kappa shape index (κ1) is 11.2. The maximum Gasteiger partial charge on any atom is 0.419 e. The van der Waals surface area contributed by atoms with E-state index in [2.05, 4.69) is 0 Å². The average molecular weight is 247 g/mol. The second kappa shape index (κ2) is 3.55. The van der Waals surface area contributed by atoms with Crippen LogP contribution in [0.5, 0.6) is 0 Å². The van der Waals surface area contributed by atoms with Crippen molar-refractivity contribution in [3.05, 3.63) is 34.3 Å². The predicted molar refractivity (Wildman–Crippen MR) is 64.6 cm³/mol. The Labute approximate surface area is 103 Å². The van der Waals surface area contributed by atoms with E-state index in [1.165, 1.54) is 4.57 Å². The first-order valence-corrected chi connectivity index (χ1v) is 5.73. The van der Waals surface area contributed by atoms with Crippen LogP contribution in [0.15, 0.2) is 27.4 Å². The molecule has 18 heavy (non-hydrogen) atoms. The standard InChI is InChI=1S/C13H13NO4/c1-8(15)13(6-17-7-13)9-3-4-10-11(5-9)18-12(16)14(10)2/h3-5H,6-7H2,1-2H3. The van der Waals surface area contributed by atoms with Crippen LogP contribution in [-0.4, -0.2) is 23.6 Å². The molecule has 94 valence electrons. The third-order valence-corrected chi connectivity index (χ3v) is 3.72. The van der Waals surface area contributed by atoms with E-state index in [0.717, 1.165) is 11.1 Å². The lowest BCUT2D eigenvalue weighted by Gasteiger charge is -2.39. The third-order valence-electron chi connectivity index (χ3n) is 3.72. The quantitative estimate of drug-likeness (QED) is 0.794. The molecular weight excluding hydrogens is 234 g/mol. The van der Waals surface area contributed by atoms with Gasteiger partial charge < -0.3 is 9.15 Å². The van der Waals surface area contributed by atoms with E-state index in [1.54, 1.807) is 26.1 Å². The van der Waals surface area contributed by atoms with Gasteiger partial charge in [-0.25, -0.2) is 4.79 Å². The van der Waals surface area contributed by atoms with Crippen molar-refractivity contribution in [1.82, 2.24) is 4.57 Å². The Morgan fingerprint density at radius 3 is 2.67 bits per heavy atom. The van der Waals surface area contributed by atoms with Gasteiger partial charge in [-0.3, -0.25) is 9.36 Å². The highest BCUT2D eigenvalue weighted by molar-refractivity contribution is 5.90. The van der Waals surface area contributed by atoms with Crippen LogP contribution in [-0.2, 0) is 22.0 Å². The molecule has 1 aliphatic rings. The van der Waals surface area contributed by atoms with Crippen molar-refractivity contribution in [3.63, 3.8) is 0 Å². The zero-order valence-electron chi connectivity index (χ0n) is 10.2. The lowest BCUT2D eigenvalue weighted by Crippen LogP contribution is -2.52. The summed E-state index contributed by atoms with van der Waals surface area (Å²) in [6, 6.07) is 5.43. The Kier molecular flexibility index (Phi) is 2.22. The van der Waals surface area contributed by atoms with Gasteiger partial charge in [-0.1, -0.05) is 6.07 Å². The first-order chi connectivity index (χ1) is 8.54. The third kappa shape index (κ3) is 1.31. The Balaban J connectivity index is 2.19. The molecule has 0 radical (unpaired) electrons. The summed E-state index contributed by atoms with van der Waals surface area (Å²) < 4.78 is 11.8. The Morgan fingerprint density at radius 2 is 2.11 bits per heavy atom. The van der Waals surface area contributed by atoms with Gasteiger partial charge in [0.25, 0.3) is 0 Å². The zero-order chi connectivity index (χ0) is 12.9. The number of benzene rings is 1. The number of oxazole rings is 1. The highest BCUT2D eigenvalue weighted by Crippen LogP contribution is 2.34. The highest BCUT2D eigenvalue weighted by atomic mass is 16.5. The van der Waals surface area contributed by atoms with E-state index >= 15 is 0 Å². The van der Waals surface area contributed by atoms with Gasteiger partial charge in [-0.15, -0.1) is 0 Å². The molecule has 2 heterocycles. The fraction of sp³-hybridized carbons (Fsp3) is 0.385. The summed E-state index contributed by atoms with van der Waals surface area (Å²) >= 11 is 0. The maximum absolute atomic E-state index is 11.8. The van der Waals surface area contributed by atoms with Crippen LogP contribution in [0.25, 0.3) is 11.1 Å². The minimum absolute atomic E-state index is 0.0754. The SMILES string of the molecule is CC(=O)C1(c2ccc3c(c2)oc(=O)n3C)COC1. The second-order valence-electron chi connectivity index (χ2n) is 4.74. The van der Waals surface area contributed by atoms with Crippen LogP contribution < -0.4 is 5.76 Å². The highest BCUT2D eigenvalue weighted by Gasteiger charge is 2.45. The molecule has 0 N–H and O–H groups in total. The topological polar surface area (TPSA) is 61.4 Å². The molecule has 0 atom stereocenters. The molecule has 0 spiro atoms. The number of carbonyl (C=O) groups excluding carboxylic acids is 1. The van der Waals surface area contributed by atoms with Crippen LogP contribution >= 0.6 is 0 Å². The first-order valence-electron chi connectivity index (χ1n) is 5.73. The van der Waals surface area contributed by atoms with E-state index in [0.29, 0.717) is 18.8 Å². The number of ketones is 1. The summed E-state index contributed by atoms with van der Waals surface area (Å²) in [5.74, 6) is -0.324. The monoisotopic (exact) mass is 247 g/mol. The Hall–Kier alpha value is -1.88. The molecule has 3 rings (SSSR count). The Bertz CT molecular complexity index is 691. The van der Waals surface area contributed by atoms with Gasteiger partial charge in [-0.2, -0.15) is 0 Å². The summed E-state index contributed by atoms with van der Waals surface area (Å²) in [5.41, 5.74) is 1.51. The van der Waals surface area contributed by atoms with Crippen molar-refractivity contribution >= 4 is 16.9 Å². The van der Waals surface area contributed by atoms with Crippen LogP contribution in [0.3, 0.4) is 0 Å². The van der Waals surface area contributed by atoms with Gasteiger partial charge in [0.2, 0.25) is 0 Å². The number of Topliss-reactive ketones (excluding diaryl/α,β-unsaturated/α-hetero) is 1. The largest absolute Gasteiger partial charge is 0.419 e. The van der Waals surface area contributed by atoms with Crippen molar-refractivity contribution in [2.45, 2.75) is 12.3 Å². The molecule has 0 bridgehead atoms. The molecule has 2 aromatic rings. The van der Waals surface area contributed by atoms with Crippen LogP contribution in [0.4, 0.5) is 0 Å². The fourth-order valence-electron chi connectivity index (χ4n) is 2.31. The number of fused-ring (bicyclic) bond motifs is 1. The van der Waals surface area contributed by atoms with E-state index in [9.17, 15) is 9.59 Å². The second-order valence-corrected chi connectivity index (χ2v) is 4.74. The van der Waals surface area contributed by atoms with E-state index < -0.39 is 11.2 Å². The lowest BCUT2D eigenvalue weighted by molar-refractivity contribution is -0.140.